The highest BCUT2D eigenvalue weighted by molar-refractivity contribution is 5.79. The van der Waals surface area contributed by atoms with E-state index >= 15 is 0 Å². The lowest BCUT2D eigenvalue weighted by Crippen LogP contribution is -2.48. The lowest BCUT2D eigenvalue weighted by molar-refractivity contribution is 0.206. The number of guanidine groups is 1. The Morgan fingerprint density at radius 2 is 2.12 bits per heavy atom. The molecule has 1 aromatic heterocycles. The molecule has 0 radical (unpaired) electrons. The van der Waals surface area contributed by atoms with Gasteiger partial charge in [-0.05, 0) is 56.2 Å². The van der Waals surface area contributed by atoms with Crippen LogP contribution < -0.4 is 15.4 Å². The van der Waals surface area contributed by atoms with Crippen molar-refractivity contribution in [2.75, 3.05) is 33.3 Å². The van der Waals surface area contributed by atoms with Crippen LogP contribution in [-0.4, -0.2) is 55.2 Å². The molecule has 0 amide bonds. The van der Waals surface area contributed by atoms with Gasteiger partial charge in [0.2, 0.25) is 5.88 Å². The first-order chi connectivity index (χ1) is 12.8. The Morgan fingerprint density at radius 3 is 2.81 bits per heavy atom. The largest absolute Gasteiger partial charge is 0.477 e. The van der Waals surface area contributed by atoms with Crippen molar-refractivity contribution in [1.29, 1.82) is 0 Å². The van der Waals surface area contributed by atoms with E-state index in [1.807, 2.05) is 25.4 Å². The van der Waals surface area contributed by atoms with Crippen molar-refractivity contribution in [3.05, 3.63) is 23.9 Å². The molecule has 3 rings (SSSR count). The minimum atomic E-state index is 0.504. The number of aromatic nitrogens is 1. The first-order valence-corrected chi connectivity index (χ1v) is 10.0. The van der Waals surface area contributed by atoms with Gasteiger partial charge in [0, 0.05) is 45.0 Å². The number of likely N-dealkylation sites (tertiary alicyclic amines) is 1. The summed E-state index contributed by atoms with van der Waals surface area (Å²) in [5, 5.41) is 6.98. The number of aliphatic imine (C=N–C) groups is 1. The normalized spacial score (nSPS) is 19.4. The van der Waals surface area contributed by atoms with Gasteiger partial charge in [-0.2, -0.15) is 0 Å². The Balaban J connectivity index is 1.41. The monoisotopic (exact) mass is 359 g/mol. The lowest BCUT2D eigenvalue weighted by Gasteiger charge is -2.32. The summed E-state index contributed by atoms with van der Waals surface area (Å²) in [6, 6.07) is 4.54. The van der Waals surface area contributed by atoms with Crippen molar-refractivity contribution in [2.45, 2.75) is 51.6 Å². The molecule has 0 aromatic carbocycles. The quantitative estimate of drug-likeness (QED) is 0.551. The predicted molar refractivity (Wildman–Crippen MR) is 106 cm³/mol. The van der Waals surface area contributed by atoms with Crippen LogP contribution in [0.4, 0.5) is 0 Å². The molecule has 144 valence electrons. The Kier molecular flexibility index (Phi) is 7.12. The molecule has 1 saturated heterocycles. The van der Waals surface area contributed by atoms with E-state index < -0.39 is 0 Å². The summed E-state index contributed by atoms with van der Waals surface area (Å²) in [5.74, 6) is 2.34. The van der Waals surface area contributed by atoms with Crippen molar-refractivity contribution in [1.82, 2.24) is 20.5 Å². The van der Waals surface area contributed by atoms with E-state index in [-0.39, 0.29) is 0 Å². The van der Waals surface area contributed by atoms with Gasteiger partial charge in [-0.25, -0.2) is 4.98 Å². The topological polar surface area (TPSA) is 61.8 Å². The molecule has 1 aliphatic heterocycles. The molecule has 0 unspecified atom stereocenters. The highest BCUT2D eigenvalue weighted by Gasteiger charge is 2.22. The van der Waals surface area contributed by atoms with Crippen LogP contribution in [0.1, 0.15) is 44.6 Å². The van der Waals surface area contributed by atoms with E-state index in [0.29, 0.717) is 6.04 Å². The third-order valence-corrected chi connectivity index (χ3v) is 5.11. The number of nitrogens with one attached hydrogen (secondary N) is 2. The van der Waals surface area contributed by atoms with Gasteiger partial charge >= 0.3 is 0 Å². The maximum atomic E-state index is 5.77. The second kappa shape index (κ2) is 9.76. The zero-order valence-electron chi connectivity index (χ0n) is 16.2. The predicted octanol–water partition coefficient (Wildman–Crippen LogP) is 2.41. The van der Waals surface area contributed by atoms with Crippen LogP contribution in [0.2, 0.25) is 0 Å². The molecule has 1 saturated carbocycles. The number of ether oxygens (including phenoxy) is 1. The van der Waals surface area contributed by atoms with Crippen LogP contribution in [0.25, 0.3) is 0 Å². The molecule has 2 heterocycles. The summed E-state index contributed by atoms with van der Waals surface area (Å²) in [4.78, 5) is 11.2. The number of piperidine rings is 1. The van der Waals surface area contributed by atoms with Gasteiger partial charge in [-0.15, -0.1) is 0 Å². The van der Waals surface area contributed by atoms with Crippen LogP contribution in [0.3, 0.4) is 0 Å². The van der Waals surface area contributed by atoms with E-state index in [1.54, 1.807) is 0 Å². The Hall–Kier alpha value is -1.82. The Labute approximate surface area is 157 Å². The minimum Gasteiger partial charge on any atom is -0.477 e. The van der Waals surface area contributed by atoms with Gasteiger partial charge in [0.15, 0.2) is 5.96 Å². The molecule has 0 atom stereocenters. The summed E-state index contributed by atoms with van der Waals surface area (Å²) in [5.41, 5.74) is 1.16. The SMILES string of the molecule is CCCN1CCC(NC(=NC)NCc2ccnc(OCC3CC3)c2)CC1. The molecule has 6 nitrogen and oxygen atoms in total. The molecule has 1 aromatic rings. The standard InChI is InChI=1S/C20H33N5O/c1-3-10-25-11-7-18(8-12-25)24-20(21-2)23-14-17-6-9-22-19(13-17)26-15-16-4-5-16/h6,9,13,16,18H,3-5,7-8,10-12,14-15H2,1-2H3,(H2,21,23,24). The van der Waals surface area contributed by atoms with Crippen LogP contribution in [-0.2, 0) is 6.54 Å². The van der Waals surface area contributed by atoms with E-state index in [4.69, 9.17) is 4.74 Å². The molecule has 26 heavy (non-hydrogen) atoms. The summed E-state index contributed by atoms with van der Waals surface area (Å²) >= 11 is 0. The second-order valence-electron chi connectivity index (χ2n) is 7.44. The Bertz CT molecular complexity index is 579. The van der Waals surface area contributed by atoms with Gasteiger partial charge in [0.05, 0.1) is 6.61 Å². The van der Waals surface area contributed by atoms with Crippen LogP contribution in [0, 0.1) is 5.92 Å². The highest BCUT2D eigenvalue weighted by atomic mass is 16.5. The smallest absolute Gasteiger partial charge is 0.213 e. The fourth-order valence-electron chi connectivity index (χ4n) is 3.32. The van der Waals surface area contributed by atoms with Gasteiger partial charge < -0.3 is 20.3 Å². The molecule has 2 N–H and O–H groups in total. The first-order valence-electron chi connectivity index (χ1n) is 10.0. The van der Waals surface area contributed by atoms with Crippen molar-refractivity contribution < 1.29 is 4.74 Å². The molecular formula is C20H33N5O. The van der Waals surface area contributed by atoms with Crippen molar-refractivity contribution in [3.8, 4) is 5.88 Å². The van der Waals surface area contributed by atoms with Crippen LogP contribution in [0.5, 0.6) is 5.88 Å². The van der Waals surface area contributed by atoms with Crippen molar-refractivity contribution >= 4 is 5.96 Å². The van der Waals surface area contributed by atoms with E-state index in [1.165, 1.54) is 51.7 Å². The summed E-state index contributed by atoms with van der Waals surface area (Å²) in [6.07, 6.45) is 7.99. The minimum absolute atomic E-state index is 0.504. The molecule has 0 spiro atoms. The Morgan fingerprint density at radius 1 is 1.31 bits per heavy atom. The highest BCUT2D eigenvalue weighted by Crippen LogP contribution is 2.29. The van der Waals surface area contributed by atoms with Gasteiger partial charge in [-0.1, -0.05) is 6.92 Å². The molecule has 0 bridgehead atoms. The lowest BCUT2D eigenvalue weighted by atomic mass is 10.1. The fraction of sp³-hybridized carbons (Fsp3) is 0.700. The van der Waals surface area contributed by atoms with E-state index in [0.717, 1.165) is 36.5 Å². The number of pyridine rings is 1. The third kappa shape index (κ3) is 6.16. The van der Waals surface area contributed by atoms with Gasteiger partial charge in [-0.3, -0.25) is 4.99 Å². The van der Waals surface area contributed by atoms with Crippen molar-refractivity contribution in [2.24, 2.45) is 10.9 Å². The van der Waals surface area contributed by atoms with Crippen LogP contribution >= 0.6 is 0 Å². The van der Waals surface area contributed by atoms with E-state index in [2.05, 4.69) is 32.4 Å². The van der Waals surface area contributed by atoms with Gasteiger partial charge in [0.25, 0.3) is 0 Å². The summed E-state index contributed by atoms with van der Waals surface area (Å²) in [7, 11) is 1.83. The number of rotatable bonds is 8. The molecular weight excluding hydrogens is 326 g/mol. The summed E-state index contributed by atoms with van der Waals surface area (Å²) < 4.78 is 5.77. The number of nitrogens with zero attached hydrogens (tertiary/aromatic N) is 3. The van der Waals surface area contributed by atoms with Crippen molar-refractivity contribution in [3.63, 3.8) is 0 Å². The average molecular weight is 360 g/mol. The zero-order valence-corrected chi connectivity index (χ0v) is 16.2. The molecule has 1 aliphatic carbocycles. The summed E-state index contributed by atoms with van der Waals surface area (Å²) in [6.45, 7) is 7.33. The fourth-order valence-corrected chi connectivity index (χ4v) is 3.32. The zero-order chi connectivity index (χ0) is 18.2. The van der Waals surface area contributed by atoms with E-state index in [9.17, 15) is 0 Å². The number of hydrogen-bond donors (Lipinski definition) is 2. The van der Waals surface area contributed by atoms with Crippen LogP contribution in [0.15, 0.2) is 23.3 Å². The molecule has 2 fully saturated rings. The average Bonchev–Trinajstić information content (AvgIpc) is 3.50. The molecule has 2 aliphatic rings. The molecule has 6 heteroatoms. The third-order valence-electron chi connectivity index (χ3n) is 5.11. The maximum Gasteiger partial charge on any atom is 0.213 e. The van der Waals surface area contributed by atoms with Gasteiger partial charge in [0.1, 0.15) is 0 Å². The maximum absolute atomic E-state index is 5.77. The number of hydrogen-bond acceptors (Lipinski definition) is 4. The second-order valence-corrected chi connectivity index (χ2v) is 7.44. The first kappa shape index (κ1) is 19.0.